The molecule has 0 aliphatic carbocycles. The number of nitrogens with zero attached hydrogens (tertiary/aromatic N) is 5. The molecule has 2 aromatic rings. The number of aryl methyl sites for hydroxylation is 2. The minimum atomic E-state index is 0.0873. The summed E-state index contributed by atoms with van der Waals surface area (Å²) in [6.45, 7) is 8.32. The first-order valence-electron chi connectivity index (χ1n) is 8.12. The molecule has 2 aromatic heterocycles. The van der Waals surface area contributed by atoms with E-state index < -0.39 is 0 Å². The summed E-state index contributed by atoms with van der Waals surface area (Å²) >= 11 is 0. The number of hydrogen-bond acceptors (Lipinski definition) is 5. The molecule has 1 aliphatic heterocycles. The Morgan fingerprint density at radius 3 is 2.52 bits per heavy atom. The van der Waals surface area contributed by atoms with Gasteiger partial charge in [-0.3, -0.25) is 9.36 Å². The van der Waals surface area contributed by atoms with Gasteiger partial charge < -0.3 is 4.90 Å². The van der Waals surface area contributed by atoms with Crippen molar-refractivity contribution in [3.05, 3.63) is 45.8 Å². The molecule has 0 unspecified atom stereocenters. The molecular formula is C17H23N5O. The molecule has 3 rings (SSSR count). The van der Waals surface area contributed by atoms with Gasteiger partial charge >= 0.3 is 0 Å². The monoisotopic (exact) mass is 313 g/mol. The van der Waals surface area contributed by atoms with E-state index in [2.05, 4.69) is 20.1 Å². The summed E-state index contributed by atoms with van der Waals surface area (Å²) < 4.78 is 1.76. The van der Waals surface area contributed by atoms with Gasteiger partial charge in [-0.2, -0.15) is 5.10 Å². The Morgan fingerprint density at radius 1 is 1.13 bits per heavy atom. The van der Waals surface area contributed by atoms with Crippen LogP contribution in [0.15, 0.2) is 23.3 Å². The lowest BCUT2D eigenvalue weighted by Gasteiger charge is -2.32. The fourth-order valence-corrected chi connectivity index (χ4v) is 2.99. The van der Waals surface area contributed by atoms with E-state index in [1.807, 2.05) is 32.9 Å². The van der Waals surface area contributed by atoms with Crippen LogP contribution in [-0.2, 0) is 6.54 Å². The van der Waals surface area contributed by atoms with Crippen LogP contribution in [0.5, 0.6) is 0 Å². The van der Waals surface area contributed by atoms with E-state index in [4.69, 9.17) is 0 Å². The van der Waals surface area contributed by atoms with E-state index in [1.165, 1.54) is 0 Å². The van der Waals surface area contributed by atoms with Crippen LogP contribution in [0.1, 0.15) is 29.8 Å². The summed E-state index contributed by atoms with van der Waals surface area (Å²) in [5.74, 6) is 1.45. The number of aromatic nitrogens is 4. The highest BCUT2D eigenvalue weighted by atomic mass is 16.1. The zero-order valence-corrected chi connectivity index (χ0v) is 14.0. The summed E-state index contributed by atoms with van der Waals surface area (Å²) in [5.41, 5.74) is 2.59. The molecule has 0 amide bonds. The number of hydrogen-bond donors (Lipinski definition) is 0. The second-order valence-electron chi connectivity index (χ2n) is 6.38. The van der Waals surface area contributed by atoms with E-state index in [0.29, 0.717) is 5.92 Å². The molecule has 6 nitrogen and oxygen atoms in total. The Bertz CT molecular complexity index is 730. The van der Waals surface area contributed by atoms with Crippen LogP contribution < -0.4 is 10.5 Å². The molecule has 0 aromatic carbocycles. The molecule has 6 heteroatoms. The van der Waals surface area contributed by atoms with E-state index in [0.717, 1.165) is 55.2 Å². The molecular weight excluding hydrogens is 290 g/mol. The van der Waals surface area contributed by atoms with Crippen molar-refractivity contribution in [1.82, 2.24) is 19.7 Å². The number of anilines is 1. The third kappa shape index (κ3) is 3.41. The highest BCUT2D eigenvalue weighted by Crippen LogP contribution is 2.22. The van der Waals surface area contributed by atoms with Gasteiger partial charge in [-0.1, -0.05) is 0 Å². The summed E-state index contributed by atoms with van der Waals surface area (Å²) in [6, 6.07) is 4.02. The predicted octanol–water partition coefficient (Wildman–Crippen LogP) is 1.88. The van der Waals surface area contributed by atoms with Crippen molar-refractivity contribution >= 4 is 5.82 Å². The van der Waals surface area contributed by atoms with E-state index in [9.17, 15) is 4.79 Å². The van der Waals surface area contributed by atoms with Gasteiger partial charge in [-0.15, -0.1) is 5.10 Å². The van der Waals surface area contributed by atoms with Crippen LogP contribution in [0.25, 0.3) is 0 Å². The van der Waals surface area contributed by atoms with Crippen LogP contribution in [0.2, 0.25) is 0 Å². The summed E-state index contributed by atoms with van der Waals surface area (Å²) in [7, 11) is 0. The normalized spacial score (nSPS) is 15.9. The molecule has 0 atom stereocenters. The first-order valence-corrected chi connectivity index (χ1v) is 8.12. The van der Waals surface area contributed by atoms with Gasteiger partial charge in [0, 0.05) is 30.9 Å². The Hall–Kier alpha value is -2.24. The Balaban J connectivity index is 1.62. The maximum atomic E-state index is 12.3. The molecule has 0 spiro atoms. The molecule has 3 heterocycles. The molecule has 1 fully saturated rings. The first kappa shape index (κ1) is 15.6. The lowest BCUT2D eigenvalue weighted by atomic mass is 9.96. The standard InChI is InChI=1S/C17H23N5O/c1-12-4-5-16(20-19-12)21-8-6-15(7-9-21)10-22-11-18-14(3)13(2)17(22)23/h4-5,11,15H,6-10H2,1-3H3. The molecule has 122 valence electrons. The van der Waals surface area contributed by atoms with E-state index in [-0.39, 0.29) is 5.56 Å². The third-order valence-corrected chi connectivity index (χ3v) is 4.69. The largest absolute Gasteiger partial charge is 0.355 e. The smallest absolute Gasteiger partial charge is 0.256 e. The molecule has 0 radical (unpaired) electrons. The van der Waals surface area contributed by atoms with Crippen LogP contribution >= 0.6 is 0 Å². The van der Waals surface area contributed by atoms with Gasteiger partial charge in [0.25, 0.3) is 5.56 Å². The maximum Gasteiger partial charge on any atom is 0.256 e. The fourth-order valence-electron chi connectivity index (χ4n) is 2.99. The molecule has 0 saturated carbocycles. The highest BCUT2D eigenvalue weighted by molar-refractivity contribution is 5.37. The zero-order valence-electron chi connectivity index (χ0n) is 14.0. The molecule has 0 bridgehead atoms. The lowest BCUT2D eigenvalue weighted by molar-refractivity contribution is 0.349. The van der Waals surface area contributed by atoms with Crippen molar-refractivity contribution in [1.29, 1.82) is 0 Å². The van der Waals surface area contributed by atoms with Crippen molar-refractivity contribution < 1.29 is 0 Å². The van der Waals surface area contributed by atoms with Crippen LogP contribution in [0.4, 0.5) is 5.82 Å². The molecule has 1 aliphatic rings. The van der Waals surface area contributed by atoms with Gasteiger partial charge in [-0.05, 0) is 51.7 Å². The fraction of sp³-hybridized carbons (Fsp3) is 0.529. The number of piperidine rings is 1. The van der Waals surface area contributed by atoms with E-state index in [1.54, 1.807) is 10.9 Å². The Labute approximate surface area is 136 Å². The predicted molar refractivity (Wildman–Crippen MR) is 89.7 cm³/mol. The first-order chi connectivity index (χ1) is 11.0. The minimum Gasteiger partial charge on any atom is -0.355 e. The van der Waals surface area contributed by atoms with Gasteiger partial charge in [0.2, 0.25) is 0 Å². The van der Waals surface area contributed by atoms with Crippen molar-refractivity contribution in [3.8, 4) is 0 Å². The second kappa shape index (κ2) is 6.48. The summed E-state index contributed by atoms with van der Waals surface area (Å²) in [6.07, 6.45) is 3.78. The minimum absolute atomic E-state index is 0.0873. The van der Waals surface area contributed by atoms with Gasteiger partial charge in [0.05, 0.1) is 12.0 Å². The Morgan fingerprint density at radius 2 is 1.87 bits per heavy atom. The average molecular weight is 313 g/mol. The molecule has 1 saturated heterocycles. The topological polar surface area (TPSA) is 63.9 Å². The van der Waals surface area contributed by atoms with Crippen LogP contribution in [-0.4, -0.2) is 32.8 Å². The van der Waals surface area contributed by atoms with Crippen LogP contribution in [0, 0.1) is 26.7 Å². The lowest BCUT2D eigenvalue weighted by Crippen LogP contribution is -2.37. The third-order valence-electron chi connectivity index (χ3n) is 4.69. The molecule has 23 heavy (non-hydrogen) atoms. The van der Waals surface area contributed by atoms with Crippen molar-refractivity contribution in [2.45, 2.75) is 40.2 Å². The SMILES string of the molecule is Cc1ccc(N2CCC(Cn3cnc(C)c(C)c3=O)CC2)nn1. The van der Waals surface area contributed by atoms with Crippen molar-refractivity contribution in [3.63, 3.8) is 0 Å². The summed E-state index contributed by atoms with van der Waals surface area (Å²) in [5, 5.41) is 8.38. The molecule has 0 N–H and O–H groups in total. The van der Waals surface area contributed by atoms with Gasteiger partial charge in [-0.25, -0.2) is 4.98 Å². The number of rotatable bonds is 3. The zero-order chi connectivity index (χ0) is 16.4. The van der Waals surface area contributed by atoms with Gasteiger partial charge in [0.15, 0.2) is 5.82 Å². The maximum absolute atomic E-state index is 12.3. The highest BCUT2D eigenvalue weighted by Gasteiger charge is 2.21. The van der Waals surface area contributed by atoms with Crippen LogP contribution in [0.3, 0.4) is 0 Å². The van der Waals surface area contributed by atoms with Crippen molar-refractivity contribution in [2.75, 3.05) is 18.0 Å². The summed E-state index contributed by atoms with van der Waals surface area (Å²) in [4.78, 5) is 18.9. The van der Waals surface area contributed by atoms with Crippen molar-refractivity contribution in [2.24, 2.45) is 5.92 Å². The Kier molecular flexibility index (Phi) is 4.41. The second-order valence-corrected chi connectivity index (χ2v) is 6.38. The average Bonchev–Trinajstić information content (AvgIpc) is 2.57. The quantitative estimate of drug-likeness (QED) is 0.865. The van der Waals surface area contributed by atoms with Gasteiger partial charge in [0.1, 0.15) is 0 Å². The van der Waals surface area contributed by atoms with E-state index >= 15 is 0 Å².